The molecule has 9 aromatic carbocycles. The van der Waals surface area contributed by atoms with Gasteiger partial charge in [0, 0.05) is 21.5 Å². The van der Waals surface area contributed by atoms with Gasteiger partial charge in [0.1, 0.15) is 0 Å². The summed E-state index contributed by atoms with van der Waals surface area (Å²) in [6, 6.07) is 56.7. The summed E-state index contributed by atoms with van der Waals surface area (Å²) in [7, 11) is 0. The molecule has 0 heterocycles. The zero-order valence-electron chi connectivity index (χ0n) is 37.9. The van der Waals surface area contributed by atoms with Crippen LogP contribution < -0.4 is 0 Å². The number of rotatable bonds is 2. The van der Waals surface area contributed by atoms with Crippen LogP contribution in [-0.4, -0.2) is 0 Å². The first-order chi connectivity index (χ1) is 28.3. The normalized spacial score (nSPS) is 13.0. The summed E-state index contributed by atoms with van der Waals surface area (Å²) in [4.78, 5) is 0. The van der Waals surface area contributed by atoms with E-state index in [0.29, 0.717) is 0 Å². The Kier molecular flexibility index (Phi) is 9.22. The lowest BCUT2D eigenvalue weighted by atomic mass is 9.80. The molecule has 0 aliphatic rings. The first-order valence-electron chi connectivity index (χ1n) is 21.9. The molecular weight excluding hydrogens is 721 g/mol. The van der Waals surface area contributed by atoms with E-state index in [-0.39, 0.29) is 21.7 Å². The monoisotopic (exact) mass is 780 g/mol. The van der Waals surface area contributed by atoms with Crippen LogP contribution in [0.4, 0.5) is 0 Å². The van der Waals surface area contributed by atoms with E-state index in [0.717, 1.165) is 0 Å². The minimum atomic E-state index is 0.0291. The van der Waals surface area contributed by atoms with Crippen LogP contribution >= 0.6 is 0 Å². The second-order valence-corrected chi connectivity index (χ2v) is 21.5. The third kappa shape index (κ3) is 6.79. The highest BCUT2D eigenvalue weighted by Crippen LogP contribution is 2.50. The molecule has 60 heavy (non-hydrogen) atoms. The molecule has 0 nitrogen and oxygen atoms in total. The SMILES string of the molecule is CC(C)(C)c1ccc2c(ccc3cc(C(C)(C)C)ccc3[c+]2-c2c3ccccc3c(-[c+]3c4ccc(C(C)(C)C)cc4ccc4cc(C(C)(C)C)ccc43)c3ccccc23)c1. The predicted octanol–water partition coefficient (Wildman–Crippen LogP) is 17.7. The van der Waals surface area contributed by atoms with Gasteiger partial charge >= 0.3 is 0 Å². The van der Waals surface area contributed by atoms with E-state index in [9.17, 15) is 0 Å². The molecule has 0 radical (unpaired) electrons. The fourth-order valence-electron chi connectivity index (χ4n) is 9.43. The summed E-state index contributed by atoms with van der Waals surface area (Å²) in [6.07, 6.45) is 0. The van der Waals surface area contributed by atoms with Crippen LogP contribution in [-0.2, 0) is 21.7 Å². The van der Waals surface area contributed by atoms with Crippen LogP contribution in [0.25, 0.3) is 86.9 Å². The summed E-state index contributed by atoms with van der Waals surface area (Å²) < 4.78 is 0. The van der Waals surface area contributed by atoms with Crippen LogP contribution in [0.5, 0.6) is 0 Å². The highest BCUT2D eigenvalue weighted by atomic mass is 14.3. The van der Waals surface area contributed by atoms with E-state index in [1.807, 2.05) is 0 Å². The Hall–Kier alpha value is -5.72. The number of hydrogen-bond acceptors (Lipinski definition) is 0. The van der Waals surface area contributed by atoms with Crippen molar-refractivity contribution < 1.29 is 0 Å². The number of benzene rings is 7. The fraction of sp³-hybridized carbons (Fsp3) is 0.267. The van der Waals surface area contributed by atoms with E-state index < -0.39 is 0 Å². The van der Waals surface area contributed by atoms with Crippen molar-refractivity contribution in [1.82, 2.24) is 0 Å². The topological polar surface area (TPSA) is 0 Å². The Labute approximate surface area is 357 Å². The molecule has 0 N–H and O–H groups in total. The maximum Gasteiger partial charge on any atom is 0.0810 e. The minimum absolute atomic E-state index is 0.0291. The maximum absolute atomic E-state index is 2.43. The summed E-state index contributed by atoms with van der Waals surface area (Å²) in [5.41, 5.74) is 10.7. The Morgan fingerprint density at radius 3 is 0.683 bits per heavy atom. The van der Waals surface area contributed by atoms with Crippen LogP contribution in [0, 0.1) is 0 Å². The summed E-state index contributed by atoms with van der Waals surface area (Å²) >= 11 is 0. The Morgan fingerprint density at radius 2 is 0.483 bits per heavy atom. The van der Waals surface area contributed by atoms with Crippen LogP contribution in [0.2, 0.25) is 0 Å². The van der Waals surface area contributed by atoms with Crippen molar-refractivity contribution in [3.63, 3.8) is 0 Å². The van der Waals surface area contributed by atoms with Gasteiger partial charge in [0.05, 0.1) is 65.3 Å². The van der Waals surface area contributed by atoms with Crippen molar-refractivity contribution in [3.8, 4) is 22.3 Å². The van der Waals surface area contributed by atoms with Gasteiger partial charge in [-0.2, -0.15) is 0 Å². The fourth-order valence-corrected chi connectivity index (χ4v) is 9.43. The van der Waals surface area contributed by atoms with Crippen molar-refractivity contribution in [3.05, 3.63) is 168 Å². The maximum atomic E-state index is 2.43. The molecule has 0 bridgehead atoms. The van der Waals surface area contributed by atoms with E-state index >= 15 is 0 Å². The molecule has 298 valence electrons. The number of hydrogen-bond donors (Lipinski definition) is 0. The van der Waals surface area contributed by atoms with Crippen LogP contribution in [0.1, 0.15) is 105 Å². The Bertz CT molecular complexity index is 2790. The average molecular weight is 781 g/mol. The molecule has 0 heteroatoms. The van der Waals surface area contributed by atoms with Crippen LogP contribution in [0.15, 0.2) is 146 Å². The molecule has 0 unspecified atom stereocenters. The second kappa shape index (κ2) is 13.9. The first kappa shape index (κ1) is 39.7. The van der Waals surface area contributed by atoms with Gasteiger partial charge in [-0.05, 0) is 165 Å². The van der Waals surface area contributed by atoms with Crippen molar-refractivity contribution in [2.75, 3.05) is 0 Å². The number of fused-ring (bicyclic) bond motifs is 6. The van der Waals surface area contributed by atoms with Gasteiger partial charge < -0.3 is 0 Å². The van der Waals surface area contributed by atoms with E-state index in [1.165, 1.54) is 109 Å². The van der Waals surface area contributed by atoms with Gasteiger partial charge in [-0.3, -0.25) is 0 Å². The van der Waals surface area contributed by atoms with E-state index in [4.69, 9.17) is 0 Å². The lowest BCUT2D eigenvalue weighted by Gasteiger charge is -2.20. The predicted molar refractivity (Wildman–Crippen MR) is 266 cm³/mol. The largest absolute Gasteiger partial charge is 0.0810 e. The minimum Gasteiger partial charge on any atom is -0.0560 e. The average Bonchev–Trinajstić information content (AvgIpc) is 3.45. The summed E-state index contributed by atoms with van der Waals surface area (Å²) in [5, 5.41) is 15.2. The van der Waals surface area contributed by atoms with E-state index in [1.54, 1.807) is 0 Å². The van der Waals surface area contributed by atoms with E-state index in [2.05, 4.69) is 229 Å². The molecule has 0 saturated heterocycles. The molecule has 0 aliphatic heterocycles. The van der Waals surface area contributed by atoms with Crippen molar-refractivity contribution in [2.45, 2.75) is 105 Å². The van der Waals surface area contributed by atoms with Gasteiger partial charge in [0.2, 0.25) is 0 Å². The third-order valence-corrected chi connectivity index (χ3v) is 13.1. The van der Waals surface area contributed by atoms with Gasteiger partial charge in [0.25, 0.3) is 0 Å². The molecule has 0 aromatic heterocycles. The molecule has 0 aliphatic carbocycles. The van der Waals surface area contributed by atoms with Gasteiger partial charge in [-0.1, -0.05) is 107 Å². The first-order valence-corrected chi connectivity index (χ1v) is 21.9. The zero-order chi connectivity index (χ0) is 42.5. The summed E-state index contributed by atoms with van der Waals surface area (Å²) in [6.45, 7) is 27.8. The van der Waals surface area contributed by atoms with Crippen molar-refractivity contribution >= 4 is 64.6 Å². The zero-order valence-corrected chi connectivity index (χ0v) is 37.9. The second-order valence-electron chi connectivity index (χ2n) is 21.5. The Balaban J connectivity index is 1.50. The van der Waals surface area contributed by atoms with Gasteiger partial charge in [-0.25, -0.2) is 0 Å². The van der Waals surface area contributed by atoms with Crippen molar-refractivity contribution in [1.29, 1.82) is 0 Å². The van der Waals surface area contributed by atoms with Crippen molar-refractivity contribution in [2.24, 2.45) is 0 Å². The van der Waals surface area contributed by atoms with Gasteiger partial charge in [0.15, 0.2) is 0 Å². The van der Waals surface area contributed by atoms with Gasteiger partial charge in [-0.15, -0.1) is 0 Å². The Morgan fingerprint density at radius 1 is 0.267 bits per heavy atom. The highest BCUT2D eigenvalue weighted by Gasteiger charge is 2.30. The molecule has 0 fully saturated rings. The lowest BCUT2D eigenvalue weighted by molar-refractivity contribution is 0.591. The molecule has 9 rings (SSSR count). The molecule has 9 aromatic rings. The standard InChI is InChI=1S/C60H60/c1-57(2,3)41-25-29-45-37(33-41)21-22-38-34-42(58(4,5)6)26-30-46(38)53(45)55-49-17-13-15-19-51(49)56(52-20-16-14-18-50(52)55)54-47-31-27-43(59(7,8)9)35-39(47)23-24-40-36-44(60(10,11)12)28-32-48(40)54/h13-36H,1-12H3/q+2. The highest BCUT2D eigenvalue weighted by molar-refractivity contribution is 6.29. The molecule has 0 atom stereocenters. The summed E-state index contributed by atoms with van der Waals surface area (Å²) in [5.74, 6) is 0. The lowest BCUT2D eigenvalue weighted by Crippen LogP contribution is -2.10. The molecule has 0 amide bonds. The molecule has 0 spiro atoms. The molecule has 0 saturated carbocycles. The third-order valence-electron chi connectivity index (χ3n) is 13.1. The van der Waals surface area contributed by atoms with Crippen LogP contribution in [0.3, 0.4) is 0 Å². The smallest absolute Gasteiger partial charge is 0.0560 e. The molecular formula is C60H60+2. The quantitative estimate of drug-likeness (QED) is 0.121.